The molecule has 1 aromatic rings. The zero-order chi connectivity index (χ0) is 12.5. The molecule has 0 aliphatic rings. The van der Waals surface area contributed by atoms with E-state index in [9.17, 15) is 0 Å². The molecule has 0 aromatic carbocycles. The first-order chi connectivity index (χ1) is 8.26. The van der Waals surface area contributed by atoms with Crippen molar-refractivity contribution >= 4 is 0 Å². The smallest absolute Gasteiger partial charge is 0.117 e. The third-order valence-corrected chi connectivity index (χ3v) is 2.62. The van der Waals surface area contributed by atoms with Crippen LogP contribution in [-0.2, 0) is 17.7 Å². The van der Waals surface area contributed by atoms with Crippen molar-refractivity contribution in [2.24, 2.45) is 0 Å². The van der Waals surface area contributed by atoms with Crippen molar-refractivity contribution in [1.29, 1.82) is 0 Å². The van der Waals surface area contributed by atoms with Gasteiger partial charge in [-0.3, -0.25) is 0 Å². The zero-order valence-corrected chi connectivity index (χ0v) is 11.1. The maximum Gasteiger partial charge on any atom is 0.117 e. The predicted molar refractivity (Wildman–Crippen MR) is 69.1 cm³/mol. The number of hydrogen-bond acceptors (Lipinski definition) is 4. The molecule has 1 rings (SSSR count). The summed E-state index contributed by atoms with van der Waals surface area (Å²) >= 11 is 0. The van der Waals surface area contributed by atoms with Crippen molar-refractivity contribution < 1.29 is 9.15 Å². The van der Waals surface area contributed by atoms with Crippen molar-refractivity contribution in [2.45, 2.75) is 32.9 Å². The van der Waals surface area contributed by atoms with E-state index in [-0.39, 0.29) is 0 Å². The van der Waals surface area contributed by atoms with Crippen molar-refractivity contribution in [2.75, 3.05) is 26.8 Å². The molecule has 1 aromatic heterocycles. The molecular formula is C13H24N2O2. The van der Waals surface area contributed by atoms with Crippen LogP contribution in [0.15, 0.2) is 16.5 Å². The molecule has 1 unspecified atom stereocenters. The van der Waals surface area contributed by atoms with E-state index in [1.807, 2.05) is 12.1 Å². The second kappa shape index (κ2) is 8.28. The van der Waals surface area contributed by atoms with E-state index in [4.69, 9.17) is 9.15 Å². The SMILES string of the molecule is CCc1ccc(CNC(C)CNCCOC)o1. The number of ether oxygens (including phenoxy) is 1. The van der Waals surface area contributed by atoms with Crippen LogP contribution in [0.1, 0.15) is 25.4 Å². The topological polar surface area (TPSA) is 46.4 Å². The molecule has 0 spiro atoms. The Hall–Kier alpha value is -0.840. The number of hydrogen-bond donors (Lipinski definition) is 2. The van der Waals surface area contributed by atoms with Gasteiger partial charge in [0.25, 0.3) is 0 Å². The first-order valence-electron chi connectivity index (χ1n) is 6.27. The maximum atomic E-state index is 5.62. The van der Waals surface area contributed by atoms with Crippen molar-refractivity contribution in [3.8, 4) is 0 Å². The first kappa shape index (κ1) is 14.2. The Morgan fingerprint density at radius 2 is 2.12 bits per heavy atom. The fourth-order valence-corrected chi connectivity index (χ4v) is 1.55. The molecule has 4 heteroatoms. The van der Waals surface area contributed by atoms with Gasteiger partial charge in [-0.1, -0.05) is 6.92 Å². The third kappa shape index (κ3) is 5.86. The van der Waals surface area contributed by atoms with Crippen LogP contribution < -0.4 is 10.6 Å². The molecular weight excluding hydrogens is 216 g/mol. The first-order valence-corrected chi connectivity index (χ1v) is 6.27. The molecule has 0 saturated carbocycles. The number of aryl methyl sites for hydroxylation is 1. The van der Waals surface area contributed by atoms with E-state index < -0.39 is 0 Å². The number of rotatable bonds is 9. The summed E-state index contributed by atoms with van der Waals surface area (Å²) in [6, 6.07) is 4.50. The van der Waals surface area contributed by atoms with Gasteiger partial charge in [-0.15, -0.1) is 0 Å². The van der Waals surface area contributed by atoms with Gasteiger partial charge in [0.15, 0.2) is 0 Å². The van der Waals surface area contributed by atoms with Gasteiger partial charge in [0.05, 0.1) is 13.2 Å². The lowest BCUT2D eigenvalue weighted by molar-refractivity contribution is 0.198. The molecule has 0 aliphatic carbocycles. The highest BCUT2D eigenvalue weighted by Gasteiger charge is 2.03. The highest BCUT2D eigenvalue weighted by Crippen LogP contribution is 2.07. The quantitative estimate of drug-likeness (QED) is 0.643. The monoisotopic (exact) mass is 240 g/mol. The number of nitrogens with one attached hydrogen (secondary N) is 2. The van der Waals surface area contributed by atoms with E-state index in [1.54, 1.807) is 7.11 Å². The van der Waals surface area contributed by atoms with Crippen LogP contribution in [0.4, 0.5) is 0 Å². The van der Waals surface area contributed by atoms with E-state index in [0.717, 1.165) is 44.2 Å². The average molecular weight is 240 g/mol. The molecule has 98 valence electrons. The second-order valence-corrected chi connectivity index (χ2v) is 4.20. The molecule has 17 heavy (non-hydrogen) atoms. The lowest BCUT2D eigenvalue weighted by Gasteiger charge is -2.13. The van der Waals surface area contributed by atoms with Crippen LogP contribution in [0.5, 0.6) is 0 Å². The van der Waals surface area contributed by atoms with Gasteiger partial charge in [-0.25, -0.2) is 0 Å². The fraction of sp³-hybridized carbons (Fsp3) is 0.692. The van der Waals surface area contributed by atoms with Crippen molar-refractivity contribution in [3.63, 3.8) is 0 Å². The summed E-state index contributed by atoms with van der Waals surface area (Å²) in [6.07, 6.45) is 0.953. The van der Waals surface area contributed by atoms with Gasteiger partial charge in [-0.2, -0.15) is 0 Å². The summed E-state index contributed by atoms with van der Waals surface area (Å²) in [5, 5.41) is 6.74. The Balaban J connectivity index is 2.12. The summed E-state index contributed by atoms with van der Waals surface area (Å²) in [5.41, 5.74) is 0. The predicted octanol–water partition coefficient (Wildman–Crippen LogP) is 1.56. The summed E-state index contributed by atoms with van der Waals surface area (Å²) in [7, 11) is 1.71. The molecule has 2 N–H and O–H groups in total. The Kier molecular flexibility index (Phi) is 6.93. The highest BCUT2D eigenvalue weighted by molar-refractivity contribution is 5.06. The molecule has 0 fully saturated rings. The van der Waals surface area contributed by atoms with E-state index in [2.05, 4.69) is 24.5 Å². The molecule has 1 atom stereocenters. The van der Waals surface area contributed by atoms with E-state index >= 15 is 0 Å². The van der Waals surface area contributed by atoms with Crippen LogP contribution >= 0.6 is 0 Å². The maximum absolute atomic E-state index is 5.62. The minimum Gasteiger partial charge on any atom is -0.465 e. The van der Waals surface area contributed by atoms with Crippen LogP contribution in [0.25, 0.3) is 0 Å². The minimum absolute atomic E-state index is 0.419. The van der Waals surface area contributed by atoms with Crippen molar-refractivity contribution in [1.82, 2.24) is 10.6 Å². The third-order valence-electron chi connectivity index (χ3n) is 2.62. The summed E-state index contributed by atoms with van der Waals surface area (Å²) in [6.45, 7) is 7.62. The normalized spacial score (nSPS) is 12.9. The minimum atomic E-state index is 0.419. The highest BCUT2D eigenvalue weighted by atomic mass is 16.5. The molecule has 0 aliphatic heterocycles. The van der Waals surface area contributed by atoms with Gasteiger partial charge < -0.3 is 19.8 Å². The Morgan fingerprint density at radius 1 is 1.35 bits per heavy atom. The van der Waals surface area contributed by atoms with Crippen LogP contribution in [0, 0.1) is 0 Å². The summed E-state index contributed by atoms with van der Waals surface area (Å²) in [5.74, 6) is 2.05. The van der Waals surface area contributed by atoms with E-state index in [0.29, 0.717) is 6.04 Å². The number of methoxy groups -OCH3 is 1. The summed E-state index contributed by atoms with van der Waals surface area (Å²) < 4.78 is 10.6. The summed E-state index contributed by atoms with van der Waals surface area (Å²) in [4.78, 5) is 0. The molecule has 0 amide bonds. The average Bonchev–Trinajstić information content (AvgIpc) is 2.80. The lowest BCUT2D eigenvalue weighted by atomic mass is 10.3. The Morgan fingerprint density at radius 3 is 2.76 bits per heavy atom. The number of furan rings is 1. The largest absolute Gasteiger partial charge is 0.465 e. The van der Waals surface area contributed by atoms with Crippen LogP contribution in [0.2, 0.25) is 0 Å². The Bertz CT molecular complexity index is 299. The van der Waals surface area contributed by atoms with Gasteiger partial charge >= 0.3 is 0 Å². The lowest BCUT2D eigenvalue weighted by Crippen LogP contribution is -2.37. The molecule has 1 heterocycles. The fourth-order valence-electron chi connectivity index (χ4n) is 1.55. The molecule has 0 saturated heterocycles. The van der Waals surface area contributed by atoms with Crippen molar-refractivity contribution in [3.05, 3.63) is 23.7 Å². The molecule has 0 bridgehead atoms. The van der Waals surface area contributed by atoms with Gasteiger partial charge in [0, 0.05) is 32.7 Å². The second-order valence-electron chi connectivity index (χ2n) is 4.20. The standard InChI is InChI=1S/C13H24N2O2/c1-4-12-5-6-13(17-12)10-15-11(2)9-14-7-8-16-3/h5-6,11,14-15H,4,7-10H2,1-3H3. The van der Waals surface area contributed by atoms with Crippen LogP contribution in [0.3, 0.4) is 0 Å². The van der Waals surface area contributed by atoms with Gasteiger partial charge in [-0.05, 0) is 19.1 Å². The Labute approximate surface area is 104 Å². The molecule has 4 nitrogen and oxygen atoms in total. The van der Waals surface area contributed by atoms with Crippen LogP contribution in [-0.4, -0.2) is 32.8 Å². The van der Waals surface area contributed by atoms with Gasteiger partial charge in [0.1, 0.15) is 11.5 Å². The van der Waals surface area contributed by atoms with E-state index in [1.165, 1.54) is 0 Å². The zero-order valence-electron chi connectivity index (χ0n) is 11.1. The molecule has 0 radical (unpaired) electrons. The van der Waals surface area contributed by atoms with Gasteiger partial charge in [0.2, 0.25) is 0 Å².